The summed E-state index contributed by atoms with van der Waals surface area (Å²) in [4.78, 5) is 46.9. The minimum Gasteiger partial charge on any atom is -0.337 e. The van der Waals surface area contributed by atoms with Crippen LogP contribution in [0.2, 0.25) is 4.34 Å². The third kappa shape index (κ3) is 8.41. The molecule has 4 amide bonds. The SMILES string of the molecule is CC(C)NC(=O)N1CCN(C[C@@H]2CCCN2C(=O)CN2CCC[C@H](NS(=O)(=O)/C=C/c3ccc(Cl)s3)C2=O)CC1. The average molecular weight is 615 g/mol. The van der Waals surface area contributed by atoms with Crippen LogP contribution in [0.4, 0.5) is 4.79 Å². The molecule has 0 bridgehead atoms. The molecular formula is C26H39ClN6O5S2. The number of sulfonamides is 1. The van der Waals surface area contributed by atoms with E-state index in [1.54, 1.807) is 12.1 Å². The van der Waals surface area contributed by atoms with Crippen LogP contribution in [-0.2, 0) is 19.6 Å². The maximum atomic E-state index is 13.3. The van der Waals surface area contributed by atoms with Gasteiger partial charge in [-0.2, -0.15) is 4.72 Å². The van der Waals surface area contributed by atoms with Gasteiger partial charge in [0, 0.05) is 68.2 Å². The van der Waals surface area contributed by atoms with Crippen LogP contribution in [0, 0.1) is 0 Å². The lowest BCUT2D eigenvalue weighted by atomic mass is 10.1. The van der Waals surface area contributed by atoms with Gasteiger partial charge in [-0.1, -0.05) is 11.6 Å². The second kappa shape index (κ2) is 13.6. The van der Waals surface area contributed by atoms with Crippen LogP contribution in [0.1, 0.15) is 44.4 Å². The molecule has 0 radical (unpaired) electrons. The highest BCUT2D eigenvalue weighted by atomic mass is 35.5. The van der Waals surface area contributed by atoms with Gasteiger partial charge in [0.1, 0.15) is 6.04 Å². The number of piperidine rings is 1. The van der Waals surface area contributed by atoms with Crippen molar-refractivity contribution in [3.63, 3.8) is 0 Å². The summed E-state index contributed by atoms with van der Waals surface area (Å²) in [6.45, 7) is 8.44. The highest BCUT2D eigenvalue weighted by Gasteiger charge is 2.36. The number of likely N-dealkylation sites (tertiary alicyclic amines) is 2. The van der Waals surface area contributed by atoms with Crippen molar-refractivity contribution in [2.45, 2.75) is 57.7 Å². The van der Waals surface area contributed by atoms with E-state index in [-0.39, 0.29) is 36.5 Å². The minimum atomic E-state index is -3.86. The zero-order valence-electron chi connectivity index (χ0n) is 23.1. The summed E-state index contributed by atoms with van der Waals surface area (Å²) in [5.74, 6) is -0.480. The van der Waals surface area contributed by atoms with E-state index in [2.05, 4.69) is 14.9 Å². The minimum absolute atomic E-state index is 0.0393. The Morgan fingerprint density at radius 1 is 1.10 bits per heavy atom. The quantitative estimate of drug-likeness (QED) is 0.439. The molecule has 2 atom stereocenters. The topological polar surface area (TPSA) is 122 Å². The molecule has 14 heteroatoms. The molecule has 0 unspecified atom stereocenters. The van der Waals surface area contributed by atoms with Crippen LogP contribution in [0.5, 0.6) is 0 Å². The Balaban J connectivity index is 1.27. The zero-order chi connectivity index (χ0) is 28.9. The second-order valence-corrected chi connectivity index (χ2v) is 14.2. The number of amides is 4. The number of urea groups is 1. The molecule has 222 valence electrons. The highest BCUT2D eigenvalue weighted by Crippen LogP contribution is 2.23. The van der Waals surface area contributed by atoms with Gasteiger partial charge in [0.2, 0.25) is 21.8 Å². The van der Waals surface area contributed by atoms with E-state index >= 15 is 0 Å². The monoisotopic (exact) mass is 614 g/mol. The predicted octanol–water partition coefficient (Wildman–Crippen LogP) is 2.01. The molecule has 11 nitrogen and oxygen atoms in total. The molecule has 3 aliphatic rings. The molecule has 3 aliphatic heterocycles. The Bertz CT molecular complexity index is 1200. The smallest absolute Gasteiger partial charge is 0.317 e. The fraction of sp³-hybridized carbons (Fsp3) is 0.654. The van der Waals surface area contributed by atoms with Gasteiger partial charge in [0.05, 0.1) is 10.9 Å². The summed E-state index contributed by atoms with van der Waals surface area (Å²) in [5.41, 5.74) is 0. The lowest BCUT2D eigenvalue weighted by molar-refractivity contribution is -0.143. The molecule has 0 spiro atoms. The fourth-order valence-electron chi connectivity index (χ4n) is 5.40. The number of nitrogens with one attached hydrogen (secondary N) is 2. The van der Waals surface area contributed by atoms with E-state index in [1.165, 1.54) is 22.3 Å². The van der Waals surface area contributed by atoms with Crippen molar-refractivity contribution in [3.05, 3.63) is 26.8 Å². The Hall–Kier alpha value is -2.19. The summed E-state index contributed by atoms with van der Waals surface area (Å²) in [6.07, 6.45) is 4.24. The fourth-order valence-corrected chi connectivity index (χ4v) is 7.47. The molecule has 40 heavy (non-hydrogen) atoms. The Kier molecular flexibility index (Phi) is 10.5. The summed E-state index contributed by atoms with van der Waals surface area (Å²) in [7, 11) is -3.86. The van der Waals surface area contributed by atoms with Gasteiger partial charge >= 0.3 is 6.03 Å². The zero-order valence-corrected chi connectivity index (χ0v) is 25.4. The molecule has 1 aromatic heterocycles. The highest BCUT2D eigenvalue weighted by molar-refractivity contribution is 7.92. The molecule has 4 heterocycles. The van der Waals surface area contributed by atoms with Crippen LogP contribution >= 0.6 is 22.9 Å². The second-order valence-electron chi connectivity index (χ2n) is 10.8. The number of hydrogen-bond donors (Lipinski definition) is 2. The molecule has 3 fully saturated rings. The van der Waals surface area contributed by atoms with Crippen molar-refractivity contribution >= 4 is 56.9 Å². The standard InChI is InChI=1S/C26H39ClN6O5S2/c1-19(2)28-26(36)31-14-12-30(13-15-31)17-20-5-3-11-33(20)24(34)18-32-10-4-6-22(25(32)35)29-40(37,38)16-9-21-7-8-23(27)39-21/h7-9,16,19-20,22,29H,3-6,10-15,17-18H2,1-2H3,(H,28,36)/b16-9+/t20-,22-/m0/s1. The van der Waals surface area contributed by atoms with Crippen molar-refractivity contribution in [1.82, 2.24) is 29.6 Å². The lowest BCUT2D eigenvalue weighted by Gasteiger charge is -2.38. The molecule has 0 saturated carbocycles. The maximum Gasteiger partial charge on any atom is 0.317 e. The number of carbonyl (C=O) groups excluding carboxylic acids is 3. The first kappa shape index (κ1) is 30.8. The largest absolute Gasteiger partial charge is 0.337 e. The molecule has 0 aliphatic carbocycles. The molecule has 3 saturated heterocycles. The molecular weight excluding hydrogens is 576 g/mol. The first-order chi connectivity index (χ1) is 19.0. The predicted molar refractivity (Wildman–Crippen MR) is 156 cm³/mol. The first-order valence-corrected chi connectivity index (χ1v) is 16.6. The van der Waals surface area contributed by atoms with Gasteiger partial charge in [-0.25, -0.2) is 13.2 Å². The van der Waals surface area contributed by atoms with Crippen LogP contribution in [0.3, 0.4) is 0 Å². The van der Waals surface area contributed by atoms with E-state index < -0.39 is 16.1 Å². The summed E-state index contributed by atoms with van der Waals surface area (Å²) >= 11 is 7.15. The number of carbonyl (C=O) groups is 3. The maximum absolute atomic E-state index is 13.3. The Morgan fingerprint density at radius 3 is 2.50 bits per heavy atom. The van der Waals surface area contributed by atoms with Crippen molar-refractivity contribution in [2.75, 3.05) is 52.4 Å². The number of rotatable bonds is 9. The number of hydrogen-bond acceptors (Lipinski definition) is 7. The van der Waals surface area contributed by atoms with Gasteiger partial charge in [-0.05, 0) is 57.7 Å². The van der Waals surface area contributed by atoms with Crippen LogP contribution < -0.4 is 10.0 Å². The number of halogens is 1. The van der Waals surface area contributed by atoms with Gasteiger partial charge in [0.15, 0.2) is 0 Å². The van der Waals surface area contributed by atoms with Crippen molar-refractivity contribution in [3.8, 4) is 0 Å². The Labute approximate surface area is 245 Å². The van der Waals surface area contributed by atoms with Crippen molar-refractivity contribution in [2.24, 2.45) is 0 Å². The number of thiophene rings is 1. The van der Waals surface area contributed by atoms with Crippen molar-refractivity contribution in [1.29, 1.82) is 0 Å². The lowest BCUT2D eigenvalue weighted by Crippen LogP contribution is -2.56. The summed E-state index contributed by atoms with van der Waals surface area (Å²) in [6, 6.07) is 2.62. The van der Waals surface area contributed by atoms with Crippen LogP contribution in [0.25, 0.3) is 6.08 Å². The molecule has 0 aromatic carbocycles. The summed E-state index contributed by atoms with van der Waals surface area (Å²) in [5, 5.41) is 3.97. The van der Waals surface area contributed by atoms with E-state index in [0.717, 1.165) is 37.9 Å². The van der Waals surface area contributed by atoms with Crippen molar-refractivity contribution < 1.29 is 22.8 Å². The van der Waals surface area contributed by atoms with Gasteiger partial charge in [-0.3, -0.25) is 14.5 Å². The van der Waals surface area contributed by atoms with E-state index in [0.29, 0.717) is 48.2 Å². The van der Waals surface area contributed by atoms with Crippen LogP contribution in [0.15, 0.2) is 17.5 Å². The normalized spacial score (nSPS) is 23.0. The third-order valence-corrected chi connectivity index (χ3v) is 9.71. The summed E-state index contributed by atoms with van der Waals surface area (Å²) < 4.78 is 28.2. The third-order valence-electron chi connectivity index (χ3n) is 7.41. The Morgan fingerprint density at radius 2 is 1.82 bits per heavy atom. The average Bonchev–Trinajstić information content (AvgIpc) is 3.54. The van der Waals surface area contributed by atoms with E-state index in [9.17, 15) is 22.8 Å². The van der Waals surface area contributed by atoms with E-state index in [1.807, 2.05) is 23.6 Å². The molecule has 1 aromatic rings. The first-order valence-electron chi connectivity index (χ1n) is 13.8. The van der Waals surface area contributed by atoms with Gasteiger partial charge < -0.3 is 20.0 Å². The van der Waals surface area contributed by atoms with E-state index in [4.69, 9.17) is 11.6 Å². The van der Waals surface area contributed by atoms with Gasteiger partial charge in [0.25, 0.3) is 0 Å². The number of nitrogens with zero attached hydrogens (tertiary/aromatic N) is 4. The molecule has 2 N–H and O–H groups in total. The number of piperazine rings is 1. The molecule has 4 rings (SSSR count). The van der Waals surface area contributed by atoms with Gasteiger partial charge in [-0.15, -0.1) is 11.3 Å². The van der Waals surface area contributed by atoms with Crippen LogP contribution in [-0.4, -0.2) is 116 Å².